The molecule has 1 fully saturated rings. The zero-order valence-electron chi connectivity index (χ0n) is 11.4. The summed E-state index contributed by atoms with van der Waals surface area (Å²) in [5, 5.41) is 13.9. The van der Waals surface area contributed by atoms with Crippen LogP contribution >= 0.6 is 11.6 Å². The first-order chi connectivity index (χ1) is 9.18. The molecule has 0 unspecified atom stereocenters. The summed E-state index contributed by atoms with van der Waals surface area (Å²) in [6, 6.07) is 5.95. The summed E-state index contributed by atoms with van der Waals surface area (Å²) in [4.78, 5) is 0. The van der Waals surface area contributed by atoms with E-state index in [1.54, 1.807) is 0 Å². The highest BCUT2D eigenvalue weighted by molar-refractivity contribution is 6.32. The van der Waals surface area contributed by atoms with Gasteiger partial charge < -0.3 is 15.2 Å². The second-order valence-corrected chi connectivity index (χ2v) is 5.55. The molecule has 1 aromatic carbocycles. The Labute approximate surface area is 119 Å². The minimum Gasteiger partial charge on any atom is -0.490 e. The molecule has 0 aliphatic heterocycles. The SMILES string of the molecule is Cc1cccc(Cl)c1OCCN[C@@H]1CCCC[C@H]1O. The van der Waals surface area contributed by atoms with Crippen molar-refractivity contribution >= 4 is 11.6 Å². The lowest BCUT2D eigenvalue weighted by Gasteiger charge is -2.28. The second kappa shape index (κ2) is 7.13. The van der Waals surface area contributed by atoms with Crippen molar-refractivity contribution in [2.75, 3.05) is 13.2 Å². The number of hydrogen-bond acceptors (Lipinski definition) is 3. The highest BCUT2D eigenvalue weighted by atomic mass is 35.5. The number of para-hydroxylation sites is 1. The standard InChI is InChI=1S/C15H22ClNO2/c1-11-5-4-6-12(16)15(11)19-10-9-17-13-7-2-3-8-14(13)18/h4-6,13-14,17-18H,2-3,7-10H2,1H3/t13-,14-/m1/s1. The maximum atomic E-state index is 9.85. The van der Waals surface area contributed by atoms with Crippen molar-refractivity contribution in [3.63, 3.8) is 0 Å². The van der Waals surface area contributed by atoms with Crippen LogP contribution in [0.5, 0.6) is 5.75 Å². The summed E-state index contributed by atoms with van der Waals surface area (Å²) in [5.41, 5.74) is 1.05. The van der Waals surface area contributed by atoms with Crippen molar-refractivity contribution in [1.82, 2.24) is 5.32 Å². The monoisotopic (exact) mass is 283 g/mol. The van der Waals surface area contributed by atoms with Gasteiger partial charge >= 0.3 is 0 Å². The predicted octanol–water partition coefficient (Wildman–Crippen LogP) is 2.92. The van der Waals surface area contributed by atoms with Crippen LogP contribution in [0.15, 0.2) is 18.2 Å². The lowest BCUT2D eigenvalue weighted by Crippen LogP contribution is -2.43. The Bertz CT molecular complexity index is 391. The normalized spacial score (nSPS) is 23.3. The van der Waals surface area contributed by atoms with Crippen LogP contribution in [0, 0.1) is 6.92 Å². The van der Waals surface area contributed by atoms with E-state index < -0.39 is 0 Å². The number of nitrogens with one attached hydrogen (secondary N) is 1. The molecule has 0 bridgehead atoms. The molecule has 0 aromatic heterocycles. The fraction of sp³-hybridized carbons (Fsp3) is 0.600. The van der Waals surface area contributed by atoms with Gasteiger partial charge in [-0.2, -0.15) is 0 Å². The average molecular weight is 284 g/mol. The summed E-state index contributed by atoms with van der Waals surface area (Å²) in [5.74, 6) is 0.759. The van der Waals surface area contributed by atoms with E-state index >= 15 is 0 Å². The van der Waals surface area contributed by atoms with Gasteiger partial charge in [0.1, 0.15) is 12.4 Å². The van der Waals surface area contributed by atoms with Crippen LogP contribution in [-0.2, 0) is 0 Å². The molecular formula is C15H22ClNO2. The third-order valence-corrected chi connectivity index (χ3v) is 3.95. The highest BCUT2D eigenvalue weighted by Crippen LogP contribution is 2.27. The van der Waals surface area contributed by atoms with Crippen molar-refractivity contribution in [3.05, 3.63) is 28.8 Å². The van der Waals surface area contributed by atoms with Gasteiger partial charge in [-0.25, -0.2) is 0 Å². The molecule has 2 atom stereocenters. The van der Waals surface area contributed by atoms with E-state index in [2.05, 4.69) is 5.32 Å². The third kappa shape index (κ3) is 4.10. The minimum atomic E-state index is -0.212. The van der Waals surface area contributed by atoms with Crippen molar-refractivity contribution in [3.8, 4) is 5.75 Å². The zero-order valence-corrected chi connectivity index (χ0v) is 12.1. The topological polar surface area (TPSA) is 41.5 Å². The van der Waals surface area contributed by atoms with Gasteiger partial charge in [0, 0.05) is 12.6 Å². The van der Waals surface area contributed by atoms with Crippen LogP contribution in [-0.4, -0.2) is 30.4 Å². The number of benzene rings is 1. The fourth-order valence-electron chi connectivity index (χ4n) is 2.55. The smallest absolute Gasteiger partial charge is 0.140 e. The quantitative estimate of drug-likeness (QED) is 0.817. The molecular weight excluding hydrogens is 262 g/mol. The van der Waals surface area contributed by atoms with E-state index in [9.17, 15) is 5.11 Å². The molecule has 0 spiro atoms. The summed E-state index contributed by atoms with van der Waals surface area (Å²) in [6.45, 7) is 3.28. The number of rotatable bonds is 5. The molecule has 1 aromatic rings. The molecule has 0 radical (unpaired) electrons. The van der Waals surface area contributed by atoms with E-state index in [0.29, 0.717) is 11.6 Å². The van der Waals surface area contributed by atoms with Crippen LogP contribution < -0.4 is 10.1 Å². The molecule has 2 rings (SSSR count). The fourth-order valence-corrected chi connectivity index (χ4v) is 2.82. The van der Waals surface area contributed by atoms with Gasteiger partial charge in [0.05, 0.1) is 11.1 Å². The van der Waals surface area contributed by atoms with Crippen LogP contribution in [0.3, 0.4) is 0 Å². The van der Waals surface area contributed by atoms with Crippen LogP contribution in [0.25, 0.3) is 0 Å². The first-order valence-corrected chi connectivity index (χ1v) is 7.35. The Morgan fingerprint density at radius 3 is 2.89 bits per heavy atom. The lowest BCUT2D eigenvalue weighted by molar-refractivity contribution is 0.0890. The number of ether oxygens (including phenoxy) is 1. The maximum absolute atomic E-state index is 9.85. The number of halogens is 1. The van der Waals surface area contributed by atoms with Gasteiger partial charge in [-0.1, -0.05) is 36.6 Å². The zero-order chi connectivity index (χ0) is 13.7. The summed E-state index contributed by atoms with van der Waals surface area (Å²) in [6.07, 6.45) is 4.07. The minimum absolute atomic E-state index is 0.212. The van der Waals surface area contributed by atoms with Crippen LogP contribution in [0.2, 0.25) is 5.02 Å². The molecule has 106 valence electrons. The second-order valence-electron chi connectivity index (χ2n) is 5.15. The number of aliphatic hydroxyl groups is 1. The molecule has 2 N–H and O–H groups in total. The largest absolute Gasteiger partial charge is 0.490 e. The third-order valence-electron chi connectivity index (χ3n) is 3.65. The number of aliphatic hydroxyl groups excluding tert-OH is 1. The number of hydrogen-bond donors (Lipinski definition) is 2. The van der Waals surface area contributed by atoms with E-state index in [1.165, 1.54) is 6.42 Å². The van der Waals surface area contributed by atoms with Gasteiger partial charge in [0.15, 0.2) is 0 Å². The summed E-state index contributed by atoms with van der Waals surface area (Å²) in [7, 11) is 0. The molecule has 1 aliphatic rings. The molecule has 19 heavy (non-hydrogen) atoms. The maximum Gasteiger partial charge on any atom is 0.140 e. The summed E-state index contributed by atoms with van der Waals surface area (Å²) >= 11 is 6.09. The Morgan fingerprint density at radius 2 is 2.16 bits per heavy atom. The first kappa shape index (κ1) is 14.6. The molecule has 1 aliphatic carbocycles. The molecule has 0 amide bonds. The predicted molar refractivity (Wildman–Crippen MR) is 77.9 cm³/mol. The van der Waals surface area contributed by atoms with Gasteiger partial charge in [-0.15, -0.1) is 0 Å². The number of aryl methyl sites for hydroxylation is 1. The Balaban J connectivity index is 1.74. The van der Waals surface area contributed by atoms with Crippen molar-refractivity contribution in [1.29, 1.82) is 0 Å². The molecule has 4 heteroatoms. The van der Waals surface area contributed by atoms with Crippen molar-refractivity contribution < 1.29 is 9.84 Å². The Hall–Kier alpha value is -0.770. The average Bonchev–Trinajstić information content (AvgIpc) is 2.39. The Kier molecular flexibility index (Phi) is 5.49. The van der Waals surface area contributed by atoms with E-state index in [4.69, 9.17) is 16.3 Å². The van der Waals surface area contributed by atoms with Gasteiger partial charge in [0.2, 0.25) is 0 Å². The molecule has 0 heterocycles. The van der Waals surface area contributed by atoms with Crippen molar-refractivity contribution in [2.45, 2.75) is 44.8 Å². The van der Waals surface area contributed by atoms with Crippen LogP contribution in [0.4, 0.5) is 0 Å². The van der Waals surface area contributed by atoms with Gasteiger partial charge in [-0.3, -0.25) is 0 Å². The molecule has 3 nitrogen and oxygen atoms in total. The van der Waals surface area contributed by atoms with Crippen molar-refractivity contribution in [2.24, 2.45) is 0 Å². The van der Waals surface area contributed by atoms with Gasteiger partial charge in [0.25, 0.3) is 0 Å². The highest BCUT2D eigenvalue weighted by Gasteiger charge is 2.21. The first-order valence-electron chi connectivity index (χ1n) is 6.98. The lowest BCUT2D eigenvalue weighted by atomic mass is 9.93. The molecule has 0 saturated heterocycles. The van der Waals surface area contributed by atoms with E-state index in [0.717, 1.165) is 37.1 Å². The molecule has 1 saturated carbocycles. The van der Waals surface area contributed by atoms with E-state index in [1.807, 2.05) is 25.1 Å². The Morgan fingerprint density at radius 1 is 1.37 bits per heavy atom. The van der Waals surface area contributed by atoms with Gasteiger partial charge in [-0.05, 0) is 31.4 Å². The van der Waals surface area contributed by atoms with E-state index in [-0.39, 0.29) is 12.1 Å². The summed E-state index contributed by atoms with van der Waals surface area (Å²) < 4.78 is 5.72. The van der Waals surface area contributed by atoms with Crippen LogP contribution in [0.1, 0.15) is 31.2 Å².